The van der Waals surface area contributed by atoms with Gasteiger partial charge in [0, 0.05) is 14.1 Å². The maximum Gasteiger partial charge on any atom is 0.332 e. The Morgan fingerprint density at radius 3 is 2.72 bits per heavy atom. The number of aryl methyl sites for hydroxylation is 1. The monoisotopic (exact) mass is 252 g/mol. The average molecular weight is 252 g/mol. The summed E-state index contributed by atoms with van der Waals surface area (Å²) in [5.74, 6) is -0.0646. The van der Waals surface area contributed by atoms with Gasteiger partial charge in [-0.3, -0.25) is 13.9 Å². The number of nitrogens with two attached hydrogens (primary N) is 1. The van der Waals surface area contributed by atoms with Crippen LogP contribution in [0, 0.1) is 0 Å². The maximum atomic E-state index is 12.0. The quantitative estimate of drug-likeness (QED) is 0.282. The number of hydrogen-bond acceptors (Lipinski definition) is 5. The van der Waals surface area contributed by atoms with E-state index in [4.69, 9.17) is 10.9 Å². The molecule has 0 bridgehead atoms. The van der Waals surface area contributed by atoms with E-state index < -0.39 is 11.2 Å². The molecule has 0 saturated carbocycles. The van der Waals surface area contributed by atoms with Crippen LogP contribution in [0.1, 0.15) is 0 Å². The van der Waals surface area contributed by atoms with E-state index in [-0.39, 0.29) is 23.5 Å². The molecule has 9 nitrogen and oxygen atoms in total. The van der Waals surface area contributed by atoms with Crippen LogP contribution in [0.5, 0.6) is 0 Å². The van der Waals surface area contributed by atoms with Crippen LogP contribution < -0.4 is 17.0 Å². The third kappa shape index (κ3) is 1.56. The van der Waals surface area contributed by atoms with Crippen molar-refractivity contribution in [1.29, 1.82) is 0 Å². The Bertz CT molecular complexity index is 750. The first-order valence-electron chi connectivity index (χ1n) is 5.04. The second-order valence-corrected chi connectivity index (χ2v) is 3.84. The van der Waals surface area contributed by atoms with Gasteiger partial charge in [0.1, 0.15) is 0 Å². The fraction of sp³-hybridized carbons (Fsp3) is 0.333. The summed E-state index contributed by atoms with van der Waals surface area (Å²) in [7, 11) is 2.90. The predicted molar refractivity (Wildman–Crippen MR) is 63.6 cm³/mol. The van der Waals surface area contributed by atoms with Gasteiger partial charge in [-0.25, -0.2) is 9.78 Å². The Hall–Kier alpha value is -2.58. The largest absolute Gasteiger partial charge is 0.409 e. The molecule has 18 heavy (non-hydrogen) atoms. The van der Waals surface area contributed by atoms with Gasteiger partial charge in [0.2, 0.25) is 0 Å². The Labute approximate surface area is 100 Å². The normalized spacial score (nSPS) is 12.2. The first-order valence-corrected chi connectivity index (χ1v) is 5.04. The topological polar surface area (TPSA) is 120 Å². The second-order valence-electron chi connectivity index (χ2n) is 3.84. The summed E-state index contributed by atoms with van der Waals surface area (Å²) in [6.07, 6.45) is 1.36. The Balaban J connectivity index is 2.82. The standard InChI is InChI=1S/C9H12N6O3/c1-13-7-6(8(16)14(2)9(13)17)15(4-11-7)3-5(10)12-18/h4,18H,3H2,1-2H3,(H2,10,12). The third-order valence-corrected chi connectivity index (χ3v) is 2.68. The van der Waals surface area contributed by atoms with Gasteiger partial charge >= 0.3 is 5.69 Å². The molecule has 0 aromatic carbocycles. The van der Waals surface area contributed by atoms with Crippen molar-refractivity contribution in [3.05, 3.63) is 27.2 Å². The highest BCUT2D eigenvalue weighted by atomic mass is 16.4. The number of amidine groups is 1. The van der Waals surface area contributed by atoms with Crippen molar-refractivity contribution in [3.63, 3.8) is 0 Å². The van der Waals surface area contributed by atoms with Crippen LogP contribution in [-0.4, -0.2) is 29.7 Å². The zero-order chi connectivity index (χ0) is 13.4. The predicted octanol–water partition coefficient (Wildman–Crippen LogP) is -1.82. The molecule has 0 aliphatic rings. The highest BCUT2D eigenvalue weighted by Gasteiger charge is 2.14. The van der Waals surface area contributed by atoms with Crippen LogP contribution >= 0.6 is 0 Å². The fourth-order valence-electron chi connectivity index (χ4n) is 1.72. The zero-order valence-electron chi connectivity index (χ0n) is 9.86. The average Bonchev–Trinajstić information content (AvgIpc) is 2.77. The molecule has 0 saturated heterocycles. The zero-order valence-corrected chi connectivity index (χ0v) is 9.86. The van der Waals surface area contributed by atoms with Crippen molar-refractivity contribution in [3.8, 4) is 0 Å². The van der Waals surface area contributed by atoms with Gasteiger partial charge in [-0.1, -0.05) is 5.16 Å². The smallest absolute Gasteiger partial charge is 0.332 e. The summed E-state index contributed by atoms with van der Waals surface area (Å²) < 4.78 is 3.67. The molecule has 0 aliphatic carbocycles. The maximum absolute atomic E-state index is 12.0. The van der Waals surface area contributed by atoms with Crippen molar-refractivity contribution in [2.75, 3.05) is 0 Å². The lowest BCUT2D eigenvalue weighted by atomic mass is 10.4. The Morgan fingerprint density at radius 1 is 1.44 bits per heavy atom. The SMILES string of the molecule is Cn1c(=O)c2c(ncn2CC(N)=NO)n(C)c1=O. The minimum atomic E-state index is -0.476. The second kappa shape index (κ2) is 4.02. The van der Waals surface area contributed by atoms with Crippen LogP contribution in [-0.2, 0) is 20.6 Å². The highest BCUT2D eigenvalue weighted by molar-refractivity contribution is 5.81. The lowest BCUT2D eigenvalue weighted by Crippen LogP contribution is -2.37. The number of aromatic nitrogens is 4. The van der Waals surface area contributed by atoms with Crippen molar-refractivity contribution in [2.45, 2.75) is 6.54 Å². The van der Waals surface area contributed by atoms with Crippen molar-refractivity contribution >= 4 is 17.0 Å². The number of hydrogen-bond donors (Lipinski definition) is 2. The molecule has 0 spiro atoms. The van der Waals surface area contributed by atoms with Crippen LogP contribution in [0.25, 0.3) is 11.2 Å². The molecule has 3 N–H and O–H groups in total. The van der Waals surface area contributed by atoms with E-state index in [2.05, 4.69) is 10.1 Å². The summed E-state index contributed by atoms with van der Waals surface area (Å²) in [6.45, 7) is 0.0143. The van der Waals surface area contributed by atoms with Gasteiger partial charge in [-0.05, 0) is 0 Å². The van der Waals surface area contributed by atoms with Gasteiger partial charge in [0.15, 0.2) is 17.0 Å². The van der Waals surface area contributed by atoms with E-state index in [9.17, 15) is 9.59 Å². The van der Waals surface area contributed by atoms with E-state index in [0.717, 1.165) is 4.57 Å². The van der Waals surface area contributed by atoms with E-state index >= 15 is 0 Å². The molecule has 96 valence electrons. The molecule has 2 rings (SSSR count). The van der Waals surface area contributed by atoms with Crippen LogP contribution in [0.15, 0.2) is 21.1 Å². The summed E-state index contributed by atoms with van der Waals surface area (Å²) in [6, 6.07) is 0. The molecule has 0 amide bonds. The molecular formula is C9H12N6O3. The number of nitrogens with zero attached hydrogens (tertiary/aromatic N) is 5. The van der Waals surface area contributed by atoms with E-state index in [1.165, 1.54) is 29.6 Å². The van der Waals surface area contributed by atoms with E-state index in [1.54, 1.807) is 0 Å². The summed E-state index contributed by atoms with van der Waals surface area (Å²) in [4.78, 5) is 27.7. The van der Waals surface area contributed by atoms with Gasteiger partial charge in [-0.15, -0.1) is 0 Å². The summed E-state index contributed by atoms with van der Waals surface area (Å²) >= 11 is 0. The first kappa shape index (κ1) is 11.9. The number of rotatable bonds is 2. The first-order chi connectivity index (χ1) is 8.47. The Kier molecular flexibility index (Phi) is 2.66. The number of imidazole rings is 1. The van der Waals surface area contributed by atoms with Gasteiger partial charge < -0.3 is 15.5 Å². The minimum absolute atomic E-state index is 0.0143. The van der Waals surface area contributed by atoms with Crippen molar-refractivity contribution in [2.24, 2.45) is 25.0 Å². The molecule has 0 atom stereocenters. The number of oxime groups is 1. The summed E-state index contributed by atoms with van der Waals surface area (Å²) in [5.41, 5.74) is 4.94. The van der Waals surface area contributed by atoms with Crippen LogP contribution in [0.4, 0.5) is 0 Å². The molecule has 9 heteroatoms. The van der Waals surface area contributed by atoms with Gasteiger partial charge in [0.05, 0.1) is 12.9 Å². The molecule has 0 aliphatic heterocycles. The number of fused-ring (bicyclic) bond motifs is 1. The molecular weight excluding hydrogens is 240 g/mol. The fourth-order valence-corrected chi connectivity index (χ4v) is 1.72. The third-order valence-electron chi connectivity index (χ3n) is 2.68. The van der Waals surface area contributed by atoms with Crippen molar-refractivity contribution in [1.82, 2.24) is 18.7 Å². The molecule has 2 aromatic heterocycles. The molecule has 2 aromatic rings. The molecule has 2 heterocycles. The van der Waals surface area contributed by atoms with Crippen LogP contribution in [0.3, 0.4) is 0 Å². The minimum Gasteiger partial charge on any atom is -0.409 e. The molecule has 0 fully saturated rings. The molecule has 0 unspecified atom stereocenters. The summed E-state index contributed by atoms with van der Waals surface area (Å²) in [5, 5.41) is 11.3. The Morgan fingerprint density at radius 2 is 2.11 bits per heavy atom. The highest BCUT2D eigenvalue weighted by Crippen LogP contribution is 2.04. The van der Waals surface area contributed by atoms with E-state index in [1.807, 2.05) is 0 Å². The lowest BCUT2D eigenvalue weighted by Gasteiger charge is -2.05. The van der Waals surface area contributed by atoms with E-state index in [0.29, 0.717) is 0 Å². The van der Waals surface area contributed by atoms with Gasteiger partial charge in [0.25, 0.3) is 5.56 Å². The van der Waals surface area contributed by atoms with Crippen LogP contribution in [0.2, 0.25) is 0 Å². The van der Waals surface area contributed by atoms with Gasteiger partial charge in [-0.2, -0.15) is 0 Å². The van der Waals surface area contributed by atoms with Crippen molar-refractivity contribution < 1.29 is 5.21 Å². The lowest BCUT2D eigenvalue weighted by molar-refractivity contribution is 0.316. The molecule has 0 radical (unpaired) electrons.